The second-order valence-corrected chi connectivity index (χ2v) is 35.3. The number of nitrogen functional groups attached to an aromatic ring is 1. The SMILES string of the molecule is CCC[Si](OC)(OC)OC.CCO[Si](OCC)(OCC)c1ccccc1Cl.CO[Si](CCCc1ccccc1)OC.CO[Si](CCc1ccccc1)(OC)OC.CO[Si](Cc1ccccc1Cl)OC.CO[Si](OC)(OC)c1ccccc1CCl.Nc1ccccc1. The van der Waals surface area contributed by atoms with Gasteiger partial charge in [0.05, 0.1) is 0 Å². The molecule has 0 bridgehead atoms. The fourth-order valence-electron chi connectivity index (χ4n) is 8.36. The average Bonchev–Trinajstić information content (AvgIpc) is 1.05. The van der Waals surface area contributed by atoms with Crippen LogP contribution in [-0.4, -0.2) is 166 Å². The minimum absolute atomic E-state index is 0.418. The van der Waals surface area contributed by atoms with Gasteiger partial charge in [-0.05, 0) is 92.6 Å². The van der Waals surface area contributed by atoms with Crippen molar-refractivity contribution in [3.63, 3.8) is 0 Å². The van der Waals surface area contributed by atoms with Crippen LogP contribution in [0.1, 0.15) is 62.8 Å². The number of aryl methyl sites for hydroxylation is 2. The molecule has 6 rings (SSSR count). The van der Waals surface area contributed by atoms with Crippen molar-refractivity contribution in [2.24, 2.45) is 0 Å². The van der Waals surface area contributed by atoms with E-state index in [0.29, 0.717) is 30.7 Å². The van der Waals surface area contributed by atoms with Gasteiger partial charge in [0.1, 0.15) is 0 Å². The molecule has 0 spiro atoms. The molecule has 0 fully saturated rings. The van der Waals surface area contributed by atoms with Gasteiger partial charge in [-0.3, -0.25) is 0 Å². The van der Waals surface area contributed by atoms with Gasteiger partial charge in [-0.2, -0.15) is 0 Å². The number of anilines is 1. The predicted octanol–water partition coefficient (Wildman–Crippen LogP) is 13.4. The number of benzene rings is 6. The van der Waals surface area contributed by atoms with Gasteiger partial charge in [-0.25, -0.2) is 0 Å². The molecule has 0 amide bonds. The third-order valence-corrected chi connectivity index (χ3v) is 29.1. The molecule has 17 nitrogen and oxygen atoms in total. The zero-order valence-electron chi connectivity index (χ0n) is 56.8. The Balaban J connectivity index is 0.00000105. The number of nitrogens with two attached hydrogens (primary N) is 1. The fourth-order valence-corrected chi connectivity index (χ4v) is 19.6. The van der Waals surface area contributed by atoms with Crippen molar-refractivity contribution >= 4 is 105 Å². The highest BCUT2D eigenvalue weighted by Gasteiger charge is 2.45. The lowest BCUT2D eigenvalue weighted by atomic mass is 10.1. The summed E-state index contributed by atoms with van der Waals surface area (Å²) in [7, 11) is 8.98. The van der Waals surface area contributed by atoms with Crippen LogP contribution in [0.3, 0.4) is 0 Å². The zero-order valence-corrected chi connectivity index (χ0v) is 65.1. The molecule has 0 heterocycles. The molecule has 0 saturated heterocycles. The van der Waals surface area contributed by atoms with Crippen molar-refractivity contribution in [1.82, 2.24) is 0 Å². The summed E-state index contributed by atoms with van der Waals surface area (Å²) in [6.07, 6.45) is 4.20. The Hall–Kier alpha value is -3.35. The van der Waals surface area contributed by atoms with Crippen LogP contribution in [0.25, 0.3) is 0 Å². The summed E-state index contributed by atoms with van der Waals surface area (Å²) in [5.74, 6) is 0.418. The Bertz CT molecular complexity index is 2600. The summed E-state index contributed by atoms with van der Waals surface area (Å²) in [5.41, 5.74) is 10.9. The number of rotatable bonds is 33. The highest BCUT2D eigenvalue weighted by molar-refractivity contribution is 6.77. The van der Waals surface area contributed by atoms with E-state index in [0.717, 1.165) is 82.1 Å². The van der Waals surface area contributed by atoms with Gasteiger partial charge in [-0.15, -0.1) is 11.6 Å². The van der Waals surface area contributed by atoms with Crippen molar-refractivity contribution in [2.45, 2.75) is 83.4 Å². The average molecular weight is 1430 g/mol. The van der Waals surface area contributed by atoms with Gasteiger partial charge >= 0.3 is 53.8 Å². The number of hydrogen-bond donors (Lipinski definition) is 1. The molecular formula is C65H104Cl3NO16Si6. The number of halogens is 3. The van der Waals surface area contributed by atoms with E-state index in [1.165, 1.54) is 11.1 Å². The van der Waals surface area contributed by atoms with Crippen molar-refractivity contribution in [3.8, 4) is 0 Å². The summed E-state index contributed by atoms with van der Waals surface area (Å²) < 4.78 is 85.9. The molecule has 0 atom stereocenters. The van der Waals surface area contributed by atoms with Crippen LogP contribution in [0.15, 0.2) is 164 Å². The summed E-state index contributed by atoms with van der Waals surface area (Å²) in [4.78, 5) is 0. The van der Waals surface area contributed by atoms with Crippen molar-refractivity contribution in [2.75, 3.05) is 118 Å². The van der Waals surface area contributed by atoms with Crippen LogP contribution >= 0.6 is 34.8 Å². The first-order valence-corrected chi connectivity index (χ1v) is 41.4. The monoisotopic (exact) mass is 1430 g/mol. The van der Waals surface area contributed by atoms with Gasteiger partial charge in [0, 0.05) is 162 Å². The first kappa shape index (κ1) is 87.7. The molecule has 0 aliphatic carbocycles. The third-order valence-electron chi connectivity index (χ3n) is 13.2. The maximum atomic E-state index is 6.21. The van der Waals surface area contributed by atoms with Crippen LogP contribution < -0.4 is 16.1 Å². The second-order valence-electron chi connectivity index (χ2n) is 18.7. The lowest BCUT2D eigenvalue weighted by molar-refractivity contribution is 0.0859. The minimum Gasteiger partial charge on any atom is -0.399 e. The summed E-state index contributed by atoms with van der Waals surface area (Å²) in [6, 6.07) is 56.8. The molecule has 0 aliphatic heterocycles. The normalized spacial score (nSPS) is 11.2. The van der Waals surface area contributed by atoms with E-state index >= 15 is 0 Å². The van der Waals surface area contributed by atoms with Gasteiger partial charge in [0.25, 0.3) is 0 Å². The lowest BCUT2D eigenvalue weighted by Crippen LogP contribution is -2.57. The Labute approximate surface area is 569 Å². The fraction of sp³-hybridized carbons (Fsp3) is 0.446. The van der Waals surface area contributed by atoms with Gasteiger partial charge < -0.3 is 76.5 Å². The molecule has 0 aliphatic rings. The van der Waals surface area contributed by atoms with Gasteiger partial charge in [-0.1, -0.05) is 176 Å². The molecular weight excluding hydrogens is 1330 g/mol. The van der Waals surface area contributed by atoms with Gasteiger partial charge in [0.15, 0.2) is 0 Å². The van der Waals surface area contributed by atoms with E-state index in [4.69, 9.17) is 111 Å². The van der Waals surface area contributed by atoms with Crippen LogP contribution in [0, 0.1) is 0 Å². The van der Waals surface area contributed by atoms with Crippen LogP contribution in [0.2, 0.25) is 28.2 Å². The van der Waals surface area contributed by atoms with E-state index in [1.54, 1.807) is 92.4 Å². The van der Waals surface area contributed by atoms with E-state index in [1.807, 2.05) is 148 Å². The highest BCUT2D eigenvalue weighted by Crippen LogP contribution is 2.20. The highest BCUT2D eigenvalue weighted by atomic mass is 35.5. The second kappa shape index (κ2) is 53.8. The maximum Gasteiger partial charge on any atom is 0.538 e. The summed E-state index contributed by atoms with van der Waals surface area (Å²) in [6.45, 7) is 9.48. The topological polar surface area (TPSA) is 174 Å². The molecule has 0 unspecified atom stereocenters. The van der Waals surface area contributed by atoms with Crippen LogP contribution in [0.5, 0.6) is 0 Å². The Kier molecular flexibility index (Phi) is 51.9. The predicted molar refractivity (Wildman–Crippen MR) is 383 cm³/mol. The lowest BCUT2D eigenvalue weighted by Gasteiger charge is -2.29. The van der Waals surface area contributed by atoms with Crippen molar-refractivity contribution < 1.29 is 70.8 Å². The van der Waals surface area contributed by atoms with E-state index < -0.39 is 53.8 Å². The van der Waals surface area contributed by atoms with Crippen molar-refractivity contribution in [3.05, 3.63) is 196 Å². The van der Waals surface area contributed by atoms with E-state index in [2.05, 4.69) is 43.3 Å². The molecule has 26 heteroatoms. The Morgan fingerprint density at radius 2 is 0.758 bits per heavy atom. The Morgan fingerprint density at radius 3 is 1.11 bits per heavy atom. The van der Waals surface area contributed by atoms with Crippen LogP contribution in [0.4, 0.5) is 5.69 Å². The summed E-state index contributed by atoms with van der Waals surface area (Å²) in [5, 5.41) is 3.17. The third kappa shape index (κ3) is 34.2. The first-order chi connectivity index (χ1) is 44.0. The number of hydrogen-bond acceptors (Lipinski definition) is 17. The van der Waals surface area contributed by atoms with E-state index in [9.17, 15) is 0 Å². The number of alkyl halides is 1. The van der Waals surface area contributed by atoms with Crippen LogP contribution in [-0.2, 0) is 95.6 Å². The summed E-state index contributed by atoms with van der Waals surface area (Å²) >= 11 is 18.1. The molecule has 510 valence electrons. The van der Waals surface area contributed by atoms with Gasteiger partial charge in [0.2, 0.25) is 0 Å². The van der Waals surface area contributed by atoms with Crippen molar-refractivity contribution in [1.29, 1.82) is 0 Å². The quantitative estimate of drug-likeness (QED) is 0.0234. The maximum absolute atomic E-state index is 6.21. The molecule has 0 saturated carbocycles. The number of para-hydroxylation sites is 1. The minimum atomic E-state index is -2.85. The van der Waals surface area contributed by atoms with E-state index in [-0.39, 0.29) is 0 Å². The molecule has 0 aromatic heterocycles. The largest absolute Gasteiger partial charge is 0.538 e. The standard InChI is InChI=1S/C12H19ClO3Si.C11H18O3Si.C11H17O2Si.C10H15ClO3Si.C9H12ClO2Si.C6H7N.C6H16O3Si/c1-4-14-17(15-5-2,16-6-3)12-10-8-7-9-11(12)13;1-12-15(13-2,14-3)10-9-11-7-5-4-6-8-11;1-12-14(13-2)10-6-9-11-7-4-3-5-8-11;1-12-15(13-2,14-3)10-7-5-4-6-9(10)8-11;1-11-13(12-2)7-8-5-3-4-6-9(8)10;7-6-4-2-1-3-5-6;1-5-6-10(7-2,8-3)9-4/h7-10H,4-6H2,1-3H3;4-8H,9-10H2,1-3H3;3-5,7-8H,6,9-10H2,1-2H3;4-7H,8H2,1-3H3;3-6H,7H2,1-2H3;1-5H,7H2;5-6H2,1-4H3. The smallest absolute Gasteiger partial charge is 0.399 e. The Morgan fingerprint density at radius 1 is 0.385 bits per heavy atom. The first-order valence-electron chi connectivity index (χ1n) is 29.7. The molecule has 2 N–H and O–H groups in total. The molecule has 6 aromatic carbocycles. The molecule has 91 heavy (non-hydrogen) atoms. The molecule has 6 aromatic rings. The zero-order chi connectivity index (χ0) is 68.2. The molecule has 2 radical (unpaired) electrons.